The summed E-state index contributed by atoms with van der Waals surface area (Å²) in [5.41, 5.74) is 1.84. The van der Waals surface area contributed by atoms with Gasteiger partial charge in [-0.3, -0.25) is 4.79 Å². The minimum absolute atomic E-state index is 0.109. The zero-order valence-corrected chi connectivity index (χ0v) is 13.7. The lowest BCUT2D eigenvalue weighted by molar-refractivity contribution is 0.101. The number of benzene rings is 1. The van der Waals surface area contributed by atoms with E-state index in [0.29, 0.717) is 0 Å². The number of carbonyl (C=O) groups is 1. The van der Waals surface area contributed by atoms with Crippen molar-refractivity contribution < 1.29 is 9.53 Å². The van der Waals surface area contributed by atoms with Crippen LogP contribution in [0.1, 0.15) is 43.5 Å². The lowest BCUT2D eigenvalue weighted by Gasteiger charge is -2.37. The van der Waals surface area contributed by atoms with Gasteiger partial charge in [-0.15, -0.1) is 0 Å². The van der Waals surface area contributed by atoms with Crippen LogP contribution in [0, 0.1) is 0 Å². The minimum atomic E-state index is 0.109. The molecule has 2 aliphatic rings. The second kappa shape index (κ2) is 6.69. The summed E-state index contributed by atoms with van der Waals surface area (Å²) >= 11 is 0. The summed E-state index contributed by atoms with van der Waals surface area (Å²) in [5.74, 6) is 1.01. The van der Waals surface area contributed by atoms with Gasteiger partial charge in [-0.1, -0.05) is 6.42 Å². The van der Waals surface area contributed by atoms with Gasteiger partial charge in [-0.2, -0.15) is 0 Å². The number of ether oxygens (including phenoxy) is 1. The van der Waals surface area contributed by atoms with E-state index in [1.54, 1.807) is 6.92 Å². The summed E-state index contributed by atoms with van der Waals surface area (Å²) in [6.07, 6.45) is 4.21. The Balaban J connectivity index is 1.73. The van der Waals surface area contributed by atoms with Crippen LogP contribution in [0.3, 0.4) is 0 Å². The largest absolute Gasteiger partial charge is 0.487 e. The monoisotopic (exact) mass is 302 g/mol. The van der Waals surface area contributed by atoms with Crippen molar-refractivity contribution in [1.29, 1.82) is 0 Å². The molecule has 1 unspecified atom stereocenters. The van der Waals surface area contributed by atoms with Crippen molar-refractivity contribution >= 4 is 11.5 Å². The zero-order valence-electron chi connectivity index (χ0n) is 13.7. The molecule has 0 amide bonds. The molecule has 1 fully saturated rings. The van der Waals surface area contributed by atoms with Crippen molar-refractivity contribution in [2.45, 2.75) is 39.2 Å². The van der Waals surface area contributed by atoms with E-state index >= 15 is 0 Å². The topological polar surface area (TPSA) is 32.8 Å². The number of hydrogen-bond acceptors (Lipinski definition) is 4. The number of piperidine rings is 1. The number of fused-ring (bicyclic) bond motifs is 1. The molecule has 2 aliphatic heterocycles. The van der Waals surface area contributed by atoms with Crippen LogP contribution in [-0.2, 0) is 0 Å². The fourth-order valence-corrected chi connectivity index (χ4v) is 3.40. The number of rotatable bonds is 4. The van der Waals surface area contributed by atoms with E-state index in [-0.39, 0.29) is 11.9 Å². The first-order valence-corrected chi connectivity index (χ1v) is 8.42. The van der Waals surface area contributed by atoms with Crippen molar-refractivity contribution in [3.63, 3.8) is 0 Å². The zero-order chi connectivity index (χ0) is 15.5. The number of carbonyl (C=O) groups excluding carboxylic acids is 1. The predicted molar refractivity (Wildman–Crippen MR) is 89.0 cm³/mol. The molecule has 3 rings (SSSR count). The maximum atomic E-state index is 11.6. The van der Waals surface area contributed by atoms with E-state index in [1.807, 2.05) is 18.2 Å². The second-order valence-corrected chi connectivity index (χ2v) is 6.52. The molecule has 1 aromatic rings. The molecule has 4 heteroatoms. The summed E-state index contributed by atoms with van der Waals surface area (Å²) in [6, 6.07) is 5.79. The number of Topliss-reactive ketones (excluding diaryl/α,β-unsaturated/α-hetero) is 1. The first kappa shape index (κ1) is 15.3. The number of hydrogen-bond donors (Lipinski definition) is 0. The highest BCUT2D eigenvalue weighted by atomic mass is 16.5. The van der Waals surface area contributed by atoms with Gasteiger partial charge in [-0.05, 0) is 58.0 Å². The molecule has 1 saturated heterocycles. The number of ketones is 1. The van der Waals surface area contributed by atoms with E-state index in [4.69, 9.17) is 4.74 Å². The quantitative estimate of drug-likeness (QED) is 0.801. The molecule has 0 aliphatic carbocycles. The van der Waals surface area contributed by atoms with Gasteiger partial charge < -0.3 is 14.5 Å². The SMILES string of the molecule is CC(=O)c1ccc2c(c1)N(CCN1CCCCC1)CC(C)O2. The highest BCUT2D eigenvalue weighted by Gasteiger charge is 2.24. The van der Waals surface area contributed by atoms with Crippen LogP contribution >= 0.6 is 0 Å². The molecule has 4 nitrogen and oxygen atoms in total. The molecule has 1 aromatic carbocycles. The van der Waals surface area contributed by atoms with Crippen molar-refractivity contribution in [2.75, 3.05) is 37.6 Å². The van der Waals surface area contributed by atoms with Crippen molar-refractivity contribution in [1.82, 2.24) is 4.90 Å². The van der Waals surface area contributed by atoms with Gasteiger partial charge in [0.1, 0.15) is 11.9 Å². The lowest BCUT2D eigenvalue weighted by Crippen LogP contribution is -2.43. The molecule has 0 spiro atoms. The van der Waals surface area contributed by atoms with Crippen LogP contribution in [0.5, 0.6) is 5.75 Å². The predicted octanol–water partition coefficient (Wildman–Crippen LogP) is 2.96. The molecule has 1 atom stereocenters. The van der Waals surface area contributed by atoms with Crippen LogP contribution in [-0.4, -0.2) is 49.5 Å². The van der Waals surface area contributed by atoms with Crippen molar-refractivity contribution in [3.8, 4) is 5.75 Å². The third-order valence-electron chi connectivity index (χ3n) is 4.65. The summed E-state index contributed by atoms with van der Waals surface area (Å²) in [5, 5.41) is 0. The summed E-state index contributed by atoms with van der Waals surface area (Å²) in [6.45, 7) is 9.16. The number of anilines is 1. The van der Waals surface area contributed by atoms with Crippen molar-refractivity contribution in [3.05, 3.63) is 23.8 Å². The smallest absolute Gasteiger partial charge is 0.159 e. The standard InChI is InChI=1S/C18H26N2O2/c1-14-13-20(11-10-19-8-4-3-5-9-19)17-12-16(15(2)21)6-7-18(17)22-14/h6-7,12,14H,3-5,8-11,13H2,1-2H3. The van der Waals surface area contributed by atoms with Crippen LogP contribution in [0.15, 0.2) is 18.2 Å². The number of likely N-dealkylation sites (tertiary alicyclic amines) is 1. The molecular weight excluding hydrogens is 276 g/mol. The van der Waals surface area contributed by atoms with Crippen LogP contribution in [0.4, 0.5) is 5.69 Å². The summed E-state index contributed by atoms with van der Waals surface area (Å²) < 4.78 is 5.92. The first-order chi connectivity index (χ1) is 10.6. The number of nitrogens with zero attached hydrogens (tertiary/aromatic N) is 2. The summed E-state index contributed by atoms with van der Waals surface area (Å²) in [4.78, 5) is 16.6. The third kappa shape index (κ3) is 3.43. The Bertz CT molecular complexity index is 538. The summed E-state index contributed by atoms with van der Waals surface area (Å²) in [7, 11) is 0. The molecule has 0 radical (unpaired) electrons. The minimum Gasteiger partial charge on any atom is -0.487 e. The van der Waals surface area contributed by atoms with Gasteiger partial charge in [0.05, 0.1) is 12.2 Å². The Morgan fingerprint density at radius 2 is 2.00 bits per heavy atom. The van der Waals surface area contributed by atoms with Gasteiger partial charge in [0.25, 0.3) is 0 Å². The highest BCUT2D eigenvalue weighted by Crippen LogP contribution is 2.34. The van der Waals surface area contributed by atoms with E-state index in [0.717, 1.165) is 36.6 Å². The van der Waals surface area contributed by atoms with E-state index < -0.39 is 0 Å². The molecule has 0 aromatic heterocycles. The molecule has 120 valence electrons. The maximum Gasteiger partial charge on any atom is 0.159 e. The van der Waals surface area contributed by atoms with Gasteiger partial charge in [-0.25, -0.2) is 0 Å². The second-order valence-electron chi connectivity index (χ2n) is 6.52. The van der Waals surface area contributed by atoms with E-state index in [2.05, 4.69) is 16.7 Å². The fourth-order valence-electron chi connectivity index (χ4n) is 3.40. The van der Waals surface area contributed by atoms with E-state index in [1.165, 1.54) is 32.4 Å². The Labute approximate surface area is 133 Å². The van der Waals surface area contributed by atoms with Crippen LogP contribution in [0.2, 0.25) is 0 Å². The Kier molecular flexibility index (Phi) is 4.67. The molecule has 0 N–H and O–H groups in total. The maximum absolute atomic E-state index is 11.6. The average molecular weight is 302 g/mol. The molecule has 2 heterocycles. The highest BCUT2D eigenvalue weighted by molar-refractivity contribution is 5.95. The third-order valence-corrected chi connectivity index (χ3v) is 4.65. The van der Waals surface area contributed by atoms with Gasteiger partial charge >= 0.3 is 0 Å². The Hall–Kier alpha value is -1.55. The average Bonchev–Trinajstić information content (AvgIpc) is 2.53. The normalized spacial score (nSPS) is 22.1. The van der Waals surface area contributed by atoms with Gasteiger partial charge in [0, 0.05) is 18.7 Å². The van der Waals surface area contributed by atoms with Gasteiger partial charge in [0.2, 0.25) is 0 Å². The first-order valence-electron chi connectivity index (χ1n) is 8.42. The van der Waals surface area contributed by atoms with Crippen molar-refractivity contribution in [2.24, 2.45) is 0 Å². The Morgan fingerprint density at radius 3 is 2.73 bits per heavy atom. The van der Waals surface area contributed by atoms with Gasteiger partial charge in [0.15, 0.2) is 5.78 Å². The molecular formula is C18H26N2O2. The van der Waals surface area contributed by atoms with E-state index in [9.17, 15) is 4.79 Å². The lowest BCUT2D eigenvalue weighted by atomic mass is 10.1. The molecule has 0 saturated carbocycles. The Morgan fingerprint density at radius 1 is 1.23 bits per heavy atom. The van der Waals surface area contributed by atoms with Crippen LogP contribution in [0.25, 0.3) is 0 Å². The molecule has 0 bridgehead atoms. The molecule has 22 heavy (non-hydrogen) atoms. The van der Waals surface area contributed by atoms with Crippen LogP contribution < -0.4 is 9.64 Å². The fraction of sp³-hybridized carbons (Fsp3) is 0.611.